The standard InChI is InChI=1S/C15H33N3O/c1-5-6-17(4)7-8-18-9-10-19-15(13-18)12-16-11-14(2)3/h14-16H,5-13H2,1-4H3/t15-/m1/s1. The number of morpholine rings is 1. The van der Waals surface area contributed by atoms with Crippen LogP contribution in [0.5, 0.6) is 0 Å². The Hall–Kier alpha value is -0.160. The summed E-state index contributed by atoms with van der Waals surface area (Å²) in [6.45, 7) is 15.4. The lowest BCUT2D eigenvalue weighted by Gasteiger charge is -2.34. The first-order valence-electron chi connectivity index (χ1n) is 7.85. The van der Waals surface area contributed by atoms with Crippen LogP contribution in [0.3, 0.4) is 0 Å². The number of rotatable bonds is 9. The van der Waals surface area contributed by atoms with Gasteiger partial charge in [0, 0.05) is 32.7 Å². The smallest absolute Gasteiger partial charge is 0.0826 e. The number of nitrogens with zero attached hydrogens (tertiary/aromatic N) is 2. The molecule has 0 saturated carbocycles. The molecule has 4 heteroatoms. The molecule has 0 bridgehead atoms. The van der Waals surface area contributed by atoms with Gasteiger partial charge in [-0.2, -0.15) is 0 Å². The minimum Gasteiger partial charge on any atom is -0.374 e. The van der Waals surface area contributed by atoms with Gasteiger partial charge < -0.3 is 15.0 Å². The van der Waals surface area contributed by atoms with Crippen LogP contribution >= 0.6 is 0 Å². The number of nitrogens with one attached hydrogen (secondary N) is 1. The summed E-state index contributed by atoms with van der Waals surface area (Å²) in [5.74, 6) is 0.711. The Balaban J connectivity index is 2.15. The summed E-state index contributed by atoms with van der Waals surface area (Å²) in [5, 5.41) is 3.50. The highest BCUT2D eigenvalue weighted by Gasteiger charge is 2.20. The van der Waals surface area contributed by atoms with E-state index in [1.54, 1.807) is 0 Å². The highest BCUT2D eigenvalue weighted by Crippen LogP contribution is 2.04. The molecule has 1 aliphatic rings. The van der Waals surface area contributed by atoms with Gasteiger partial charge in [0.25, 0.3) is 0 Å². The Labute approximate surface area is 119 Å². The third kappa shape index (κ3) is 7.88. The van der Waals surface area contributed by atoms with Crippen LogP contribution in [-0.2, 0) is 4.74 Å². The van der Waals surface area contributed by atoms with Crippen LogP contribution in [0.1, 0.15) is 27.2 Å². The van der Waals surface area contributed by atoms with Gasteiger partial charge in [-0.1, -0.05) is 20.8 Å². The van der Waals surface area contributed by atoms with Gasteiger partial charge in [0.15, 0.2) is 0 Å². The summed E-state index contributed by atoms with van der Waals surface area (Å²) >= 11 is 0. The van der Waals surface area contributed by atoms with Gasteiger partial charge in [0.05, 0.1) is 12.7 Å². The van der Waals surface area contributed by atoms with Crippen molar-refractivity contribution < 1.29 is 4.74 Å². The SMILES string of the molecule is CCCN(C)CCN1CCO[C@H](CNCC(C)C)C1. The monoisotopic (exact) mass is 271 g/mol. The van der Waals surface area contributed by atoms with Gasteiger partial charge in [-0.15, -0.1) is 0 Å². The molecule has 0 radical (unpaired) electrons. The Morgan fingerprint density at radius 3 is 2.84 bits per heavy atom. The highest BCUT2D eigenvalue weighted by atomic mass is 16.5. The van der Waals surface area contributed by atoms with Crippen LogP contribution < -0.4 is 5.32 Å². The van der Waals surface area contributed by atoms with E-state index in [9.17, 15) is 0 Å². The molecule has 0 amide bonds. The molecule has 1 fully saturated rings. The molecule has 1 heterocycles. The Bertz CT molecular complexity index is 223. The molecule has 0 spiro atoms. The zero-order valence-corrected chi connectivity index (χ0v) is 13.3. The molecule has 1 aliphatic heterocycles. The molecule has 0 unspecified atom stereocenters. The maximum absolute atomic E-state index is 5.83. The van der Waals surface area contributed by atoms with Gasteiger partial charge in [0.2, 0.25) is 0 Å². The van der Waals surface area contributed by atoms with Crippen molar-refractivity contribution in [3.63, 3.8) is 0 Å². The maximum atomic E-state index is 5.83. The first kappa shape index (κ1) is 16.9. The van der Waals surface area contributed by atoms with Crippen molar-refractivity contribution in [2.45, 2.75) is 33.3 Å². The third-order valence-electron chi connectivity index (χ3n) is 3.55. The maximum Gasteiger partial charge on any atom is 0.0826 e. The van der Waals surface area contributed by atoms with Gasteiger partial charge >= 0.3 is 0 Å². The van der Waals surface area contributed by atoms with Crippen molar-refractivity contribution in [3.05, 3.63) is 0 Å². The van der Waals surface area contributed by atoms with E-state index in [0.717, 1.165) is 32.8 Å². The van der Waals surface area contributed by atoms with Crippen LogP contribution in [0.2, 0.25) is 0 Å². The summed E-state index contributed by atoms with van der Waals surface area (Å²) in [4.78, 5) is 4.96. The summed E-state index contributed by atoms with van der Waals surface area (Å²) in [6, 6.07) is 0. The van der Waals surface area contributed by atoms with Gasteiger partial charge in [-0.05, 0) is 32.5 Å². The number of ether oxygens (including phenoxy) is 1. The van der Waals surface area contributed by atoms with E-state index < -0.39 is 0 Å². The minimum atomic E-state index is 0.365. The molecule has 1 atom stereocenters. The Morgan fingerprint density at radius 1 is 1.37 bits per heavy atom. The molecule has 1 N–H and O–H groups in total. The lowest BCUT2D eigenvalue weighted by Crippen LogP contribution is -2.48. The molecule has 0 aliphatic carbocycles. The van der Waals surface area contributed by atoms with Gasteiger partial charge in [-0.3, -0.25) is 4.90 Å². The van der Waals surface area contributed by atoms with E-state index in [1.165, 1.54) is 26.1 Å². The minimum absolute atomic E-state index is 0.365. The predicted octanol–water partition coefficient (Wildman–Crippen LogP) is 1.27. The predicted molar refractivity (Wildman–Crippen MR) is 81.7 cm³/mol. The molecule has 4 nitrogen and oxygen atoms in total. The highest BCUT2D eigenvalue weighted by molar-refractivity contribution is 4.74. The quantitative estimate of drug-likeness (QED) is 0.683. The lowest BCUT2D eigenvalue weighted by atomic mass is 10.2. The summed E-state index contributed by atoms with van der Waals surface area (Å²) < 4.78 is 5.83. The lowest BCUT2D eigenvalue weighted by molar-refractivity contribution is -0.0288. The fourth-order valence-electron chi connectivity index (χ4n) is 2.45. The topological polar surface area (TPSA) is 27.7 Å². The van der Waals surface area contributed by atoms with Crippen LogP contribution in [0.15, 0.2) is 0 Å². The van der Waals surface area contributed by atoms with Crippen molar-refractivity contribution >= 4 is 0 Å². The normalized spacial score (nSPS) is 21.5. The Kier molecular flexibility index (Phi) is 8.62. The second-order valence-electron chi connectivity index (χ2n) is 6.15. The summed E-state index contributed by atoms with van der Waals surface area (Å²) in [7, 11) is 2.21. The van der Waals surface area contributed by atoms with Crippen LogP contribution in [-0.4, -0.2) is 75.4 Å². The molecular formula is C15H33N3O. The van der Waals surface area contributed by atoms with E-state index in [1.807, 2.05) is 0 Å². The first-order chi connectivity index (χ1) is 9.11. The number of hydrogen-bond donors (Lipinski definition) is 1. The van der Waals surface area contributed by atoms with E-state index >= 15 is 0 Å². The number of likely N-dealkylation sites (N-methyl/N-ethyl adjacent to an activating group) is 1. The van der Waals surface area contributed by atoms with Crippen LogP contribution in [0.4, 0.5) is 0 Å². The molecule has 0 aromatic carbocycles. The van der Waals surface area contributed by atoms with E-state index in [0.29, 0.717) is 12.0 Å². The van der Waals surface area contributed by atoms with Crippen molar-refractivity contribution in [2.24, 2.45) is 5.92 Å². The Morgan fingerprint density at radius 2 is 2.16 bits per heavy atom. The van der Waals surface area contributed by atoms with Crippen molar-refractivity contribution in [1.82, 2.24) is 15.1 Å². The van der Waals surface area contributed by atoms with E-state index in [4.69, 9.17) is 4.74 Å². The fraction of sp³-hybridized carbons (Fsp3) is 1.00. The van der Waals surface area contributed by atoms with Crippen molar-refractivity contribution in [2.75, 3.05) is 59.5 Å². The molecule has 1 rings (SSSR count). The van der Waals surface area contributed by atoms with Crippen LogP contribution in [0, 0.1) is 5.92 Å². The van der Waals surface area contributed by atoms with Gasteiger partial charge in [0.1, 0.15) is 0 Å². The second-order valence-corrected chi connectivity index (χ2v) is 6.15. The molecule has 114 valence electrons. The molecular weight excluding hydrogens is 238 g/mol. The summed E-state index contributed by atoms with van der Waals surface area (Å²) in [6.07, 6.45) is 1.60. The van der Waals surface area contributed by atoms with Gasteiger partial charge in [-0.25, -0.2) is 0 Å². The largest absolute Gasteiger partial charge is 0.374 e. The van der Waals surface area contributed by atoms with Crippen molar-refractivity contribution in [3.8, 4) is 0 Å². The molecule has 19 heavy (non-hydrogen) atoms. The average Bonchev–Trinajstić information content (AvgIpc) is 2.37. The number of hydrogen-bond acceptors (Lipinski definition) is 4. The van der Waals surface area contributed by atoms with Crippen LogP contribution in [0.25, 0.3) is 0 Å². The van der Waals surface area contributed by atoms with E-state index in [-0.39, 0.29) is 0 Å². The summed E-state index contributed by atoms with van der Waals surface area (Å²) in [5.41, 5.74) is 0. The molecule has 0 aromatic heterocycles. The van der Waals surface area contributed by atoms with E-state index in [2.05, 4.69) is 42.9 Å². The average molecular weight is 271 g/mol. The first-order valence-corrected chi connectivity index (χ1v) is 7.85. The third-order valence-corrected chi connectivity index (χ3v) is 3.55. The van der Waals surface area contributed by atoms with Crippen molar-refractivity contribution in [1.29, 1.82) is 0 Å². The molecule has 1 saturated heterocycles. The zero-order valence-electron chi connectivity index (χ0n) is 13.3. The fourth-order valence-corrected chi connectivity index (χ4v) is 2.45. The second kappa shape index (κ2) is 9.70. The molecule has 0 aromatic rings. The zero-order chi connectivity index (χ0) is 14.1.